The third-order valence-electron chi connectivity index (χ3n) is 3.46. The second-order valence-corrected chi connectivity index (χ2v) is 5.97. The first kappa shape index (κ1) is 15.8. The number of fused-ring (bicyclic) bond motifs is 1. The molecule has 0 aliphatic carbocycles. The molecule has 3 N–H and O–H groups in total. The van der Waals surface area contributed by atoms with Gasteiger partial charge in [0.05, 0.1) is 15.8 Å². The van der Waals surface area contributed by atoms with Crippen LogP contribution >= 0.6 is 11.3 Å². The number of aromatic carboxylic acids is 2. The summed E-state index contributed by atoms with van der Waals surface area (Å²) in [7, 11) is 0. The summed E-state index contributed by atoms with van der Waals surface area (Å²) in [4.78, 5) is 34.3. The topological polar surface area (TPSA) is 109 Å². The first-order chi connectivity index (χ1) is 11.5. The highest BCUT2D eigenvalue weighted by atomic mass is 32.1. The Labute approximate surface area is 139 Å². The van der Waals surface area contributed by atoms with Crippen LogP contribution in [0.2, 0.25) is 0 Å². The largest absolute Gasteiger partial charge is 0.478 e. The van der Waals surface area contributed by atoms with E-state index in [-0.39, 0.29) is 17.8 Å². The maximum Gasteiger partial charge on any atom is 0.352 e. The van der Waals surface area contributed by atoms with Gasteiger partial charge in [-0.25, -0.2) is 9.59 Å². The first-order valence-electron chi connectivity index (χ1n) is 6.89. The Hall–Kier alpha value is -3.13. The van der Waals surface area contributed by atoms with Gasteiger partial charge in [-0.05, 0) is 41.8 Å². The zero-order valence-corrected chi connectivity index (χ0v) is 13.0. The minimum atomic E-state index is -1.10. The van der Waals surface area contributed by atoms with Crippen molar-refractivity contribution >= 4 is 45.1 Å². The normalized spacial score (nSPS) is 10.7. The molecule has 0 saturated heterocycles. The van der Waals surface area contributed by atoms with E-state index in [0.717, 1.165) is 4.70 Å². The highest BCUT2D eigenvalue weighted by Crippen LogP contribution is 2.25. The summed E-state index contributed by atoms with van der Waals surface area (Å²) in [5, 5.41) is 22.6. The minimum absolute atomic E-state index is 0.0493. The number of anilines is 1. The molecule has 2 aromatic heterocycles. The van der Waals surface area contributed by atoms with Gasteiger partial charge in [-0.15, -0.1) is 11.3 Å². The molecule has 24 heavy (non-hydrogen) atoms. The van der Waals surface area contributed by atoms with Gasteiger partial charge in [-0.3, -0.25) is 4.79 Å². The summed E-state index contributed by atoms with van der Waals surface area (Å²) < 4.78 is 2.24. The van der Waals surface area contributed by atoms with Crippen molar-refractivity contribution in [2.75, 3.05) is 5.32 Å². The Morgan fingerprint density at radius 2 is 1.75 bits per heavy atom. The lowest BCUT2D eigenvalue weighted by atomic mass is 10.2. The highest BCUT2D eigenvalue weighted by Gasteiger charge is 2.17. The third kappa shape index (κ3) is 2.99. The molecule has 3 rings (SSSR count). The molecular weight excluding hydrogens is 332 g/mol. The fraction of sp³-hybridized carbons (Fsp3) is 0.0625. The molecule has 7 nitrogen and oxygen atoms in total. The van der Waals surface area contributed by atoms with Gasteiger partial charge in [-0.1, -0.05) is 0 Å². The average molecular weight is 344 g/mol. The monoisotopic (exact) mass is 344 g/mol. The molecule has 1 aromatic carbocycles. The van der Waals surface area contributed by atoms with Gasteiger partial charge in [0.1, 0.15) is 12.2 Å². The smallest absolute Gasteiger partial charge is 0.352 e. The molecule has 0 fully saturated rings. The number of nitrogens with zero attached hydrogens (tertiary/aromatic N) is 1. The van der Waals surface area contributed by atoms with Crippen molar-refractivity contribution in [3.8, 4) is 0 Å². The Morgan fingerprint density at radius 3 is 2.38 bits per heavy atom. The van der Waals surface area contributed by atoms with Gasteiger partial charge in [0.2, 0.25) is 5.91 Å². The van der Waals surface area contributed by atoms with Gasteiger partial charge in [-0.2, -0.15) is 0 Å². The van der Waals surface area contributed by atoms with E-state index < -0.39 is 17.8 Å². The van der Waals surface area contributed by atoms with Gasteiger partial charge < -0.3 is 20.1 Å². The van der Waals surface area contributed by atoms with Crippen LogP contribution in [0.15, 0.2) is 41.8 Å². The maximum atomic E-state index is 12.2. The number of nitrogens with one attached hydrogen (secondary N) is 1. The van der Waals surface area contributed by atoms with Crippen molar-refractivity contribution in [2.24, 2.45) is 0 Å². The number of rotatable bonds is 5. The number of carboxylic acids is 2. The molecular formula is C16H12N2O5S. The standard InChI is InChI=1S/C16H12N2O5S/c19-14(17-10-3-1-9(2-4-10)15(20)21)8-18-11-5-6-24-13(11)7-12(18)16(22)23/h1-7H,8H2,(H,17,19)(H,20,21)(H,22,23). The lowest BCUT2D eigenvalue weighted by Gasteiger charge is -2.09. The molecule has 0 aliphatic heterocycles. The second kappa shape index (κ2) is 6.17. The number of hydrogen-bond donors (Lipinski definition) is 3. The van der Waals surface area contributed by atoms with Gasteiger partial charge in [0.15, 0.2) is 0 Å². The van der Waals surface area contributed by atoms with Gasteiger partial charge in [0, 0.05) is 5.69 Å². The lowest BCUT2D eigenvalue weighted by molar-refractivity contribution is -0.116. The van der Waals surface area contributed by atoms with Crippen LogP contribution in [0.5, 0.6) is 0 Å². The predicted molar refractivity (Wildman–Crippen MR) is 88.8 cm³/mol. The molecule has 0 unspecified atom stereocenters. The van der Waals surface area contributed by atoms with Crippen molar-refractivity contribution in [3.05, 3.63) is 53.0 Å². The summed E-state index contributed by atoms with van der Waals surface area (Å²) in [6.07, 6.45) is 0. The third-order valence-corrected chi connectivity index (χ3v) is 4.31. The van der Waals surface area contributed by atoms with Crippen molar-refractivity contribution in [1.29, 1.82) is 0 Å². The van der Waals surface area contributed by atoms with E-state index >= 15 is 0 Å². The molecule has 0 aliphatic rings. The summed E-state index contributed by atoms with van der Waals surface area (Å²) in [5.41, 5.74) is 1.30. The Bertz CT molecular complexity index is 939. The van der Waals surface area contributed by atoms with Gasteiger partial charge in [0.25, 0.3) is 0 Å². The van der Waals surface area contributed by atoms with Crippen LogP contribution in [0.4, 0.5) is 5.69 Å². The number of benzene rings is 1. The predicted octanol–water partition coefficient (Wildman–Crippen LogP) is 2.74. The maximum absolute atomic E-state index is 12.2. The van der Waals surface area contributed by atoms with Crippen molar-refractivity contribution in [2.45, 2.75) is 6.54 Å². The molecule has 1 amide bonds. The SMILES string of the molecule is O=C(Cn1c(C(=O)O)cc2sccc21)Nc1ccc(C(=O)O)cc1. The molecule has 8 heteroatoms. The molecule has 0 saturated carbocycles. The van der Waals surface area contributed by atoms with Crippen LogP contribution in [0.3, 0.4) is 0 Å². The van der Waals surface area contributed by atoms with E-state index in [9.17, 15) is 19.5 Å². The quantitative estimate of drug-likeness (QED) is 0.659. The molecule has 2 heterocycles. The summed E-state index contributed by atoms with van der Waals surface area (Å²) in [5.74, 6) is -2.55. The minimum Gasteiger partial charge on any atom is -0.478 e. The van der Waals surface area contributed by atoms with Crippen LogP contribution in [0.25, 0.3) is 10.2 Å². The van der Waals surface area contributed by atoms with E-state index in [4.69, 9.17) is 5.11 Å². The van der Waals surface area contributed by atoms with E-state index in [1.54, 1.807) is 6.07 Å². The summed E-state index contributed by atoms with van der Waals surface area (Å²) >= 11 is 1.40. The fourth-order valence-corrected chi connectivity index (χ4v) is 3.19. The number of hydrogen-bond acceptors (Lipinski definition) is 4. The number of thiophene rings is 1. The summed E-state index contributed by atoms with van der Waals surface area (Å²) in [6, 6.07) is 9.03. The van der Waals surface area contributed by atoms with Crippen molar-refractivity contribution < 1.29 is 24.6 Å². The number of carbonyl (C=O) groups excluding carboxylic acids is 1. The number of carbonyl (C=O) groups is 3. The van der Waals surface area contributed by atoms with Crippen LogP contribution < -0.4 is 5.32 Å². The Balaban J connectivity index is 1.79. The summed E-state index contributed by atoms with van der Waals surface area (Å²) in [6.45, 7) is -0.150. The number of aromatic nitrogens is 1. The van der Waals surface area contributed by atoms with Crippen LogP contribution in [-0.2, 0) is 11.3 Å². The van der Waals surface area contributed by atoms with E-state index in [1.165, 1.54) is 46.2 Å². The van der Waals surface area contributed by atoms with Crippen molar-refractivity contribution in [3.63, 3.8) is 0 Å². The van der Waals surface area contributed by atoms with Crippen LogP contribution in [0.1, 0.15) is 20.8 Å². The first-order valence-corrected chi connectivity index (χ1v) is 7.77. The average Bonchev–Trinajstić information content (AvgIpc) is 3.10. The van der Waals surface area contributed by atoms with Crippen LogP contribution in [0, 0.1) is 0 Å². The van der Waals surface area contributed by atoms with E-state index in [0.29, 0.717) is 11.2 Å². The van der Waals surface area contributed by atoms with E-state index in [2.05, 4.69) is 5.32 Å². The van der Waals surface area contributed by atoms with E-state index in [1.807, 2.05) is 5.38 Å². The molecule has 0 radical (unpaired) electrons. The number of amides is 1. The zero-order valence-electron chi connectivity index (χ0n) is 12.2. The Morgan fingerprint density at radius 1 is 1.04 bits per heavy atom. The van der Waals surface area contributed by atoms with Crippen molar-refractivity contribution in [1.82, 2.24) is 4.57 Å². The second-order valence-electron chi connectivity index (χ2n) is 5.02. The van der Waals surface area contributed by atoms with Crippen LogP contribution in [-0.4, -0.2) is 32.6 Å². The van der Waals surface area contributed by atoms with Gasteiger partial charge >= 0.3 is 11.9 Å². The molecule has 122 valence electrons. The lowest BCUT2D eigenvalue weighted by Crippen LogP contribution is -2.21. The molecule has 0 bridgehead atoms. The molecule has 3 aromatic rings. The molecule has 0 spiro atoms. The Kier molecular flexibility index (Phi) is 4.05. The molecule has 0 atom stereocenters. The zero-order chi connectivity index (χ0) is 17.3. The number of carboxylic acid groups (broad SMARTS) is 2. The highest BCUT2D eigenvalue weighted by molar-refractivity contribution is 7.17. The fourth-order valence-electron chi connectivity index (χ4n) is 2.36.